The lowest BCUT2D eigenvalue weighted by atomic mass is 9.97. The number of aromatic amines is 1. The zero-order valence-corrected chi connectivity index (χ0v) is 39.2. The van der Waals surface area contributed by atoms with Crippen molar-refractivity contribution in [2.75, 3.05) is 10.6 Å². The number of hydrogen-bond donors (Lipinski definition) is 3. The first-order chi connectivity index (χ1) is 31.5. The second kappa shape index (κ2) is 18.6. The average molecular weight is 1040 g/mol. The molecule has 2 aliphatic rings. The van der Waals surface area contributed by atoms with Gasteiger partial charge in [0.2, 0.25) is 0 Å². The number of H-pyrrole nitrogens is 1. The van der Waals surface area contributed by atoms with E-state index in [1.165, 1.54) is 88.9 Å². The summed E-state index contributed by atoms with van der Waals surface area (Å²) in [6, 6.07) is 22.7. The number of halogens is 4. The lowest BCUT2D eigenvalue weighted by Crippen LogP contribution is -2.37. The maximum Gasteiger partial charge on any atom is 0.326 e. The van der Waals surface area contributed by atoms with Crippen molar-refractivity contribution in [2.45, 2.75) is 50.6 Å². The first-order valence-electron chi connectivity index (χ1n) is 20.2. The maximum absolute atomic E-state index is 13.5. The van der Waals surface area contributed by atoms with Crippen LogP contribution in [0.2, 0.25) is 0 Å². The monoisotopic (exact) mass is 1040 g/mol. The Morgan fingerprint density at radius 3 is 1.70 bits per heavy atom. The number of allylic oxidation sites excluding steroid dienone is 2. The molecule has 0 spiro atoms. The van der Waals surface area contributed by atoms with Crippen LogP contribution in [0.4, 0.5) is 29.7 Å². The van der Waals surface area contributed by atoms with Gasteiger partial charge in [-0.15, -0.1) is 0 Å². The molecule has 19 heteroatoms. The lowest BCUT2D eigenvalue weighted by molar-refractivity contribution is -0.117. The molecule has 0 fully saturated rings. The molecule has 0 saturated carbocycles. The molecule has 2 aromatic heterocycles. The van der Waals surface area contributed by atoms with E-state index in [9.17, 15) is 36.4 Å². The summed E-state index contributed by atoms with van der Waals surface area (Å²) < 4.78 is 55.8. The number of urea groups is 2. The Bertz CT molecular complexity index is 3250. The summed E-state index contributed by atoms with van der Waals surface area (Å²) >= 11 is 6.94. The number of nitrogens with zero attached hydrogens (tertiary/aromatic N) is 5. The summed E-state index contributed by atoms with van der Waals surface area (Å²) in [5, 5.41) is 18.6. The predicted octanol–water partition coefficient (Wildman–Crippen LogP) is 10.7. The Kier molecular flexibility index (Phi) is 12.9. The Labute approximate surface area is 393 Å². The number of carbonyl (C=O) groups is 4. The van der Waals surface area contributed by atoms with Gasteiger partial charge in [-0.05, 0) is 137 Å². The number of anilines is 2. The molecule has 0 unspecified atom stereocenters. The minimum Gasteiger partial charge on any atom is -0.306 e. The molecule has 66 heavy (non-hydrogen) atoms. The highest BCUT2D eigenvalue weighted by Crippen LogP contribution is 2.36. The number of aromatic nitrogens is 4. The van der Waals surface area contributed by atoms with Crippen molar-refractivity contribution in [1.82, 2.24) is 29.2 Å². The molecule has 5 aromatic carbocycles. The van der Waals surface area contributed by atoms with Crippen molar-refractivity contribution < 1.29 is 36.4 Å². The predicted molar refractivity (Wildman–Crippen MR) is 252 cm³/mol. The minimum absolute atomic E-state index is 0.0382. The summed E-state index contributed by atoms with van der Waals surface area (Å²) in [6.45, 7) is 5.49. The van der Waals surface area contributed by atoms with Gasteiger partial charge < -0.3 is 10.6 Å². The quantitative estimate of drug-likeness (QED) is 0.147. The van der Waals surface area contributed by atoms with Crippen molar-refractivity contribution in [2.24, 2.45) is 0 Å². The molecule has 336 valence electrons. The van der Waals surface area contributed by atoms with Crippen molar-refractivity contribution in [3.8, 4) is 0 Å². The van der Waals surface area contributed by atoms with E-state index in [2.05, 4.69) is 57.8 Å². The Morgan fingerprint density at radius 1 is 0.697 bits per heavy atom. The van der Waals surface area contributed by atoms with Crippen LogP contribution < -0.4 is 10.6 Å². The zero-order valence-electron chi connectivity index (χ0n) is 35.2. The molecule has 0 bridgehead atoms. The van der Waals surface area contributed by atoms with Gasteiger partial charge in [0.15, 0.2) is 11.6 Å². The highest BCUT2D eigenvalue weighted by molar-refractivity contribution is 9.11. The molecule has 14 nitrogen and oxygen atoms in total. The number of rotatable bonds is 6. The fourth-order valence-electron chi connectivity index (χ4n) is 7.55. The van der Waals surface area contributed by atoms with Crippen LogP contribution in [0.3, 0.4) is 0 Å². The number of carbonyl (C=O) groups excluding carboxylic acids is 4. The van der Waals surface area contributed by atoms with Crippen LogP contribution in [0.15, 0.2) is 135 Å². The number of hydrogen-bond acceptors (Lipinski definition) is 8. The lowest BCUT2D eigenvalue weighted by Gasteiger charge is -2.31. The van der Waals surface area contributed by atoms with Gasteiger partial charge in [-0.2, -0.15) is 22.7 Å². The van der Waals surface area contributed by atoms with E-state index in [0.29, 0.717) is 48.0 Å². The van der Waals surface area contributed by atoms with Crippen LogP contribution in [-0.4, -0.2) is 61.2 Å². The van der Waals surface area contributed by atoms with Crippen molar-refractivity contribution in [3.05, 3.63) is 170 Å². The smallest absolute Gasteiger partial charge is 0.306 e. The van der Waals surface area contributed by atoms with Gasteiger partial charge in [0, 0.05) is 50.7 Å². The molecule has 0 saturated heterocycles. The Balaban J connectivity index is 0.000000188. The molecule has 9 rings (SSSR count). The summed E-state index contributed by atoms with van der Waals surface area (Å²) in [4.78, 5) is 53.2. The fourth-order valence-corrected chi connectivity index (χ4v) is 9.76. The average Bonchev–Trinajstić information content (AvgIpc) is 3.81. The minimum atomic E-state index is -4.01. The van der Waals surface area contributed by atoms with Crippen molar-refractivity contribution in [1.29, 1.82) is 0 Å². The number of fused-ring (bicyclic) bond motifs is 2. The van der Waals surface area contributed by atoms with E-state index in [1.807, 2.05) is 19.9 Å². The summed E-state index contributed by atoms with van der Waals surface area (Å²) in [5.74, 6) is -1.05. The molecular weight excluding hydrogens is 1000 g/mol. The van der Waals surface area contributed by atoms with E-state index in [-0.39, 0.29) is 35.1 Å². The molecule has 3 N–H and O–H groups in total. The van der Waals surface area contributed by atoms with E-state index in [0.717, 1.165) is 26.2 Å². The van der Waals surface area contributed by atoms with E-state index < -0.39 is 40.0 Å². The van der Waals surface area contributed by atoms with Crippen molar-refractivity contribution in [3.63, 3.8) is 0 Å². The molecule has 2 aliphatic heterocycles. The third kappa shape index (κ3) is 9.45. The molecule has 0 radical (unpaired) electrons. The van der Waals surface area contributed by atoms with Crippen LogP contribution >= 0.6 is 31.9 Å². The second-order valence-electron chi connectivity index (χ2n) is 15.6. The number of aryl methyl sites for hydroxylation is 3. The molecular formula is C47H38Br2F2N8O6S. The zero-order chi connectivity index (χ0) is 47.0. The first-order valence-corrected chi connectivity index (χ1v) is 23.3. The Hall–Kier alpha value is -6.83. The normalized spacial score (nSPS) is 16.1. The number of nitrogens with one attached hydrogen (secondary N) is 3. The Morgan fingerprint density at radius 2 is 1.18 bits per heavy atom. The van der Waals surface area contributed by atoms with Crippen LogP contribution in [0.1, 0.15) is 53.0 Å². The molecule has 0 aliphatic carbocycles. The van der Waals surface area contributed by atoms with Crippen LogP contribution in [-0.2, 0) is 19.6 Å². The third-order valence-electron chi connectivity index (χ3n) is 11.1. The van der Waals surface area contributed by atoms with E-state index in [1.54, 1.807) is 43.3 Å². The topological polar surface area (TPSA) is 179 Å². The van der Waals surface area contributed by atoms with Crippen LogP contribution in [0.25, 0.3) is 21.8 Å². The van der Waals surface area contributed by atoms with Gasteiger partial charge in [0.25, 0.3) is 10.0 Å². The third-order valence-corrected chi connectivity index (χ3v) is 14.0. The van der Waals surface area contributed by atoms with Gasteiger partial charge in [0.05, 0.1) is 45.1 Å². The van der Waals surface area contributed by atoms with E-state index in [4.69, 9.17) is 0 Å². The van der Waals surface area contributed by atoms with Gasteiger partial charge >= 0.3 is 12.1 Å². The molecule has 4 heterocycles. The maximum atomic E-state index is 13.5. The van der Waals surface area contributed by atoms with Gasteiger partial charge in [-0.3, -0.25) is 24.5 Å². The summed E-state index contributed by atoms with van der Waals surface area (Å²) in [6.07, 6.45) is 5.70. The van der Waals surface area contributed by atoms with Crippen LogP contribution in [0, 0.1) is 32.4 Å². The first kappa shape index (κ1) is 45.7. The van der Waals surface area contributed by atoms with Gasteiger partial charge in [0.1, 0.15) is 11.6 Å². The molecule has 4 amide bonds. The summed E-state index contributed by atoms with van der Waals surface area (Å²) in [7, 11) is -4.01. The number of amides is 4. The van der Waals surface area contributed by atoms with Crippen molar-refractivity contribution >= 4 is 98.7 Å². The molecule has 7 aromatic rings. The number of benzene rings is 5. The van der Waals surface area contributed by atoms with Crippen LogP contribution in [0.5, 0.6) is 0 Å². The SMILES string of the molecule is Cc1[nH]nc2cc(NC(=O)N3C=CC(=O)C[C@H]3c3ccc(F)cc3)c(Br)cc12.Cc1ccc(S(=O)(=O)n2nc(C)c3cc(Br)c(NC(=O)N4C=CC(=O)C[C@H]4c4ccc(F)cc4)cc32)cc1. The standard InChI is InChI=1S/C27H22BrFN4O4S.C20H16BrFN4O2/c1-16-3-9-21(10-4-16)38(36,37)33-26-15-24(23(28)14-22(26)17(2)31-33)30-27(35)32-12-11-20(34)13-25(32)18-5-7-19(29)8-6-18;1-11-15-9-16(21)18(10-17(15)25-24-11)23-20(28)26-7-6-14(27)8-19(26)12-2-4-13(22)5-3-12/h3-12,14-15,25H,13H2,1-2H3,(H,30,35);2-7,9-10,19H,8H2,1H3,(H,23,28)(H,24,25)/t25-;19-/m00/s1. The summed E-state index contributed by atoms with van der Waals surface area (Å²) in [5.41, 5.74) is 5.55. The van der Waals surface area contributed by atoms with Gasteiger partial charge in [-0.25, -0.2) is 18.4 Å². The highest BCUT2D eigenvalue weighted by Gasteiger charge is 2.31. The second-order valence-corrected chi connectivity index (χ2v) is 19.1. The highest BCUT2D eigenvalue weighted by atomic mass is 79.9. The van der Waals surface area contributed by atoms with E-state index >= 15 is 0 Å². The number of ketones is 2. The van der Waals surface area contributed by atoms with Gasteiger partial charge in [-0.1, -0.05) is 42.0 Å². The fraction of sp³-hybridized carbons (Fsp3) is 0.149. The molecule has 2 atom stereocenters. The largest absolute Gasteiger partial charge is 0.326 e.